The first-order valence-corrected chi connectivity index (χ1v) is 10.0. The largest absolute Gasteiger partial charge is 0.516 e. The van der Waals surface area contributed by atoms with E-state index in [2.05, 4.69) is 0 Å². The number of alkyl halides is 3. The summed E-state index contributed by atoms with van der Waals surface area (Å²) in [6.45, 7) is 0. The van der Waals surface area contributed by atoms with Crippen LogP contribution < -0.4 is 9.46 Å². The summed E-state index contributed by atoms with van der Waals surface area (Å²) in [5.41, 5.74) is -7.91. The van der Waals surface area contributed by atoms with Crippen molar-refractivity contribution in [2.75, 3.05) is 11.8 Å². The Balaban J connectivity index is 2.53. The molecule has 2 aromatic carbocycles. The highest BCUT2D eigenvalue weighted by Crippen LogP contribution is 2.34. The van der Waals surface area contributed by atoms with E-state index in [0.29, 0.717) is 17.9 Å². The van der Waals surface area contributed by atoms with Gasteiger partial charge in [-0.15, -0.1) is 0 Å². The van der Waals surface area contributed by atoms with Crippen molar-refractivity contribution in [1.82, 2.24) is 0 Å². The van der Waals surface area contributed by atoms with E-state index in [4.69, 9.17) is 4.74 Å². The Kier molecular flexibility index (Phi) is 5.57. The van der Waals surface area contributed by atoms with Crippen LogP contribution >= 0.6 is 0 Å². The standard InChI is InChI=1S/C14H11F3N2O7S2/c1-26-9-2-4-10(5-3-9)27(22,23)11-6-7-12(13(8-11)19(20)21)18-28(24,25)14(15,16)17/h2-8,18H,1H3. The van der Waals surface area contributed by atoms with Crippen LogP contribution in [0.5, 0.6) is 5.75 Å². The van der Waals surface area contributed by atoms with Gasteiger partial charge in [0.15, 0.2) is 0 Å². The van der Waals surface area contributed by atoms with E-state index < -0.39 is 46.6 Å². The average Bonchev–Trinajstić information content (AvgIpc) is 2.60. The van der Waals surface area contributed by atoms with Crippen molar-refractivity contribution >= 4 is 31.2 Å². The Hall–Kier alpha value is -2.87. The van der Waals surface area contributed by atoms with Crippen LogP contribution in [0.2, 0.25) is 0 Å². The van der Waals surface area contributed by atoms with Crippen LogP contribution in [-0.4, -0.2) is 34.4 Å². The second-order valence-corrected chi connectivity index (χ2v) is 8.79. The second kappa shape index (κ2) is 7.27. The van der Waals surface area contributed by atoms with Gasteiger partial charge in [0.2, 0.25) is 9.84 Å². The zero-order chi connectivity index (χ0) is 21.3. The normalized spacial score (nSPS) is 12.4. The molecule has 1 N–H and O–H groups in total. The number of anilines is 1. The topological polar surface area (TPSA) is 133 Å². The molecule has 14 heteroatoms. The number of sulfonamides is 1. The number of benzene rings is 2. The van der Waals surface area contributed by atoms with Crippen molar-refractivity contribution < 1.29 is 39.7 Å². The summed E-state index contributed by atoms with van der Waals surface area (Å²) in [6, 6.07) is 6.77. The second-order valence-electron chi connectivity index (χ2n) is 5.17. The van der Waals surface area contributed by atoms with Crippen molar-refractivity contribution in [3.63, 3.8) is 0 Å². The summed E-state index contributed by atoms with van der Waals surface area (Å²) in [7, 11) is -8.85. The lowest BCUT2D eigenvalue weighted by Gasteiger charge is -2.12. The van der Waals surface area contributed by atoms with Crippen LogP contribution in [-0.2, 0) is 19.9 Å². The molecule has 9 nitrogen and oxygen atoms in total. The number of ether oxygens (including phenoxy) is 1. The monoisotopic (exact) mass is 440 g/mol. The van der Waals surface area contributed by atoms with E-state index in [1.165, 1.54) is 31.4 Å². The maximum Gasteiger partial charge on any atom is 0.516 e. The lowest BCUT2D eigenvalue weighted by atomic mass is 10.3. The molecule has 28 heavy (non-hydrogen) atoms. The van der Waals surface area contributed by atoms with Gasteiger partial charge in [0.05, 0.1) is 21.8 Å². The predicted octanol–water partition coefficient (Wildman–Crippen LogP) is 2.70. The maximum atomic E-state index is 12.6. The summed E-state index contributed by atoms with van der Waals surface area (Å²) < 4.78 is 90.9. The van der Waals surface area contributed by atoms with Gasteiger partial charge in [0, 0.05) is 6.07 Å². The van der Waals surface area contributed by atoms with Gasteiger partial charge in [-0.05, 0) is 36.4 Å². The molecule has 2 aromatic rings. The molecule has 152 valence electrons. The molecule has 0 heterocycles. The molecule has 0 atom stereocenters. The fourth-order valence-corrected chi connectivity index (χ4v) is 3.87. The molecule has 0 spiro atoms. The molecular weight excluding hydrogens is 429 g/mol. The van der Waals surface area contributed by atoms with Crippen LogP contribution in [0.3, 0.4) is 0 Å². The van der Waals surface area contributed by atoms with Gasteiger partial charge < -0.3 is 4.74 Å². The molecule has 0 saturated heterocycles. The first kappa shape index (κ1) is 21.4. The van der Waals surface area contributed by atoms with Crippen molar-refractivity contribution in [1.29, 1.82) is 0 Å². The highest BCUT2D eigenvalue weighted by Gasteiger charge is 2.46. The number of rotatable bonds is 6. The summed E-state index contributed by atoms with van der Waals surface area (Å²) in [5, 5.41) is 11.1. The maximum absolute atomic E-state index is 12.6. The van der Waals surface area contributed by atoms with Crippen molar-refractivity contribution in [3.8, 4) is 5.75 Å². The Labute approximate surface area is 156 Å². The van der Waals surface area contributed by atoms with Gasteiger partial charge in [-0.3, -0.25) is 14.8 Å². The van der Waals surface area contributed by atoms with Gasteiger partial charge in [-0.2, -0.15) is 21.6 Å². The minimum atomic E-state index is -5.93. The molecule has 0 saturated carbocycles. The Bertz CT molecular complexity index is 1110. The highest BCUT2D eigenvalue weighted by molar-refractivity contribution is 7.93. The van der Waals surface area contributed by atoms with E-state index in [9.17, 15) is 40.1 Å². The number of nitro benzene ring substituents is 1. The van der Waals surface area contributed by atoms with E-state index in [1.54, 1.807) is 0 Å². The quantitative estimate of drug-likeness (QED) is 0.539. The summed E-state index contributed by atoms with van der Waals surface area (Å²) in [6.07, 6.45) is 0. The van der Waals surface area contributed by atoms with E-state index >= 15 is 0 Å². The third-order valence-corrected chi connectivity index (χ3v) is 6.26. The first-order chi connectivity index (χ1) is 12.8. The van der Waals surface area contributed by atoms with E-state index in [-0.39, 0.29) is 4.90 Å². The summed E-state index contributed by atoms with van der Waals surface area (Å²) in [4.78, 5) is 9.06. The SMILES string of the molecule is COc1ccc(S(=O)(=O)c2ccc(NS(=O)(=O)C(F)(F)F)c([N+](=O)[O-])c2)cc1. The minimum absolute atomic E-state index is 0.258. The summed E-state index contributed by atoms with van der Waals surface area (Å²) in [5.74, 6) is 0.349. The van der Waals surface area contributed by atoms with Crippen LogP contribution in [0, 0.1) is 10.1 Å². The fourth-order valence-electron chi connectivity index (χ4n) is 2.01. The third kappa shape index (κ3) is 4.17. The molecule has 0 bridgehead atoms. The molecular formula is C14H11F3N2O7S2. The number of nitro groups is 1. The van der Waals surface area contributed by atoms with Crippen LogP contribution in [0.15, 0.2) is 52.3 Å². The summed E-state index contributed by atoms with van der Waals surface area (Å²) >= 11 is 0. The molecule has 0 unspecified atom stereocenters. The number of hydrogen-bond acceptors (Lipinski definition) is 7. The third-order valence-electron chi connectivity index (χ3n) is 3.39. The first-order valence-electron chi connectivity index (χ1n) is 7.06. The number of nitrogens with one attached hydrogen (secondary N) is 1. The Morgan fingerprint density at radius 3 is 2.00 bits per heavy atom. The highest BCUT2D eigenvalue weighted by atomic mass is 32.2. The van der Waals surface area contributed by atoms with Crippen molar-refractivity contribution in [2.45, 2.75) is 15.3 Å². The van der Waals surface area contributed by atoms with Gasteiger partial charge in [0.1, 0.15) is 11.4 Å². The van der Waals surface area contributed by atoms with Crippen LogP contribution in [0.1, 0.15) is 0 Å². The van der Waals surface area contributed by atoms with Crippen LogP contribution in [0.25, 0.3) is 0 Å². The number of sulfone groups is 1. The smallest absolute Gasteiger partial charge is 0.497 e. The molecule has 0 fully saturated rings. The van der Waals surface area contributed by atoms with Crippen LogP contribution in [0.4, 0.5) is 24.5 Å². The van der Waals surface area contributed by atoms with Gasteiger partial charge in [-0.1, -0.05) is 0 Å². The number of nitrogens with zero attached hydrogens (tertiary/aromatic N) is 1. The van der Waals surface area contributed by atoms with E-state index in [0.717, 1.165) is 10.8 Å². The number of hydrogen-bond donors (Lipinski definition) is 1. The zero-order valence-electron chi connectivity index (χ0n) is 13.8. The minimum Gasteiger partial charge on any atom is -0.497 e. The molecule has 0 aliphatic rings. The molecule has 0 aliphatic carbocycles. The predicted molar refractivity (Wildman–Crippen MR) is 90.1 cm³/mol. The van der Waals surface area contributed by atoms with Gasteiger partial charge in [0.25, 0.3) is 5.69 Å². The lowest BCUT2D eigenvalue weighted by Crippen LogP contribution is -2.30. The zero-order valence-corrected chi connectivity index (χ0v) is 15.4. The fraction of sp³-hybridized carbons (Fsp3) is 0.143. The average molecular weight is 440 g/mol. The molecule has 0 aliphatic heterocycles. The van der Waals surface area contributed by atoms with Gasteiger partial charge in [-0.25, -0.2) is 8.42 Å². The lowest BCUT2D eigenvalue weighted by molar-refractivity contribution is -0.384. The Morgan fingerprint density at radius 1 is 1.00 bits per heavy atom. The molecule has 0 radical (unpaired) electrons. The molecule has 2 rings (SSSR count). The Morgan fingerprint density at radius 2 is 1.54 bits per heavy atom. The van der Waals surface area contributed by atoms with Gasteiger partial charge >= 0.3 is 15.5 Å². The van der Waals surface area contributed by atoms with E-state index in [1.807, 2.05) is 0 Å². The number of halogens is 3. The number of methoxy groups -OCH3 is 1. The van der Waals surface area contributed by atoms with Crippen molar-refractivity contribution in [2.24, 2.45) is 0 Å². The molecule has 0 aromatic heterocycles. The molecule has 0 amide bonds. The van der Waals surface area contributed by atoms with Crippen molar-refractivity contribution in [3.05, 3.63) is 52.6 Å².